The second-order valence-corrected chi connectivity index (χ2v) is 4.87. The Morgan fingerprint density at radius 3 is 2.40 bits per heavy atom. The molecule has 2 aromatic heterocycles. The van der Waals surface area contributed by atoms with Crippen LogP contribution in [0.3, 0.4) is 0 Å². The van der Waals surface area contributed by atoms with E-state index < -0.39 is 0 Å². The maximum absolute atomic E-state index is 6.05. The van der Waals surface area contributed by atoms with Crippen LogP contribution in [-0.2, 0) is 7.05 Å². The average Bonchev–Trinajstić information content (AvgIpc) is 2.77. The van der Waals surface area contributed by atoms with E-state index in [-0.39, 0.29) is 10.4 Å². The number of ether oxygens (including phenoxy) is 1. The molecule has 0 spiro atoms. The number of nitrogens with zero attached hydrogens (tertiary/aromatic N) is 4. The first-order chi connectivity index (χ1) is 9.60. The van der Waals surface area contributed by atoms with Crippen molar-refractivity contribution in [2.75, 3.05) is 7.11 Å². The summed E-state index contributed by atoms with van der Waals surface area (Å²) in [5.74, 6) is 1.52. The lowest BCUT2D eigenvalue weighted by Crippen LogP contribution is -1.95. The largest absolute Gasteiger partial charge is 0.497 e. The Balaban J connectivity index is 2.20. The molecule has 0 aliphatic rings. The normalized spacial score (nSPS) is 11.0. The first kappa shape index (κ1) is 13.1. The molecule has 0 atom stereocenters. The maximum atomic E-state index is 6.05. The number of hydrogen-bond acceptors (Lipinski definition) is 4. The second kappa shape index (κ2) is 4.92. The van der Waals surface area contributed by atoms with Crippen molar-refractivity contribution in [2.45, 2.75) is 0 Å². The van der Waals surface area contributed by atoms with E-state index in [1.807, 2.05) is 35.9 Å². The molecular weight excluding hydrogens is 299 g/mol. The molecule has 0 amide bonds. The van der Waals surface area contributed by atoms with Gasteiger partial charge >= 0.3 is 0 Å². The van der Waals surface area contributed by atoms with Crippen molar-refractivity contribution >= 4 is 34.4 Å². The summed E-state index contributed by atoms with van der Waals surface area (Å²) in [7, 11) is 3.48. The maximum Gasteiger partial charge on any atom is 0.225 e. The zero-order valence-electron chi connectivity index (χ0n) is 10.8. The molecule has 0 fully saturated rings. The van der Waals surface area contributed by atoms with Crippen molar-refractivity contribution in [1.82, 2.24) is 19.5 Å². The molecule has 0 aliphatic carbocycles. The number of methoxy groups -OCH3 is 1. The highest BCUT2D eigenvalue weighted by atomic mass is 35.5. The molecule has 0 bridgehead atoms. The van der Waals surface area contributed by atoms with E-state index in [0.29, 0.717) is 11.2 Å². The van der Waals surface area contributed by atoms with Crippen LogP contribution in [0.25, 0.3) is 22.6 Å². The Hall–Kier alpha value is -1.85. The lowest BCUT2D eigenvalue weighted by Gasteiger charge is -2.03. The molecule has 0 unspecified atom stereocenters. The van der Waals surface area contributed by atoms with Crippen LogP contribution in [0.4, 0.5) is 0 Å². The summed E-state index contributed by atoms with van der Waals surface area (Å²) in [6.07, 6.45) is 0. The Kier molecular flexibility index (Phi) is 3.23. The highest BCUT2D eigenvalue weighted by Crippen LogP contribution is 2.28. The SMILES string of the molecule is COc1ccc(-c2nc3c(Cl)nc(Cl)nc3n2C)cc1. The zero-order chi connectivity index (χ0) is 14.3. The van der Waals surface area contributed by atoms with E-state index in [0.717, 1.165) is 17.1 Å². The molecule has 0 saturated heterocycles. The quantitative estimate of drug-likeness (QED) is 0.538. The topological polar surface area (TPSA) is 52.8 Å². The number of rotatable bonds is 2. The van der Waals surface area contributed by atoms with Crippen LogP contribution in [0.2, 0.25) is 10.4 Å². The molecule has 3 aromatic rings. The summed E-state index contributed by atoms with van der Waals surface area (Å²) >= 11 is 11.9. The number of aromatic nitrogens is 4. The Bertz CT molecular complexity index is 783. The van der Waals surface area contributed by atoms with Crippen molar-refractivity contribution in [3.8, 4) is 17.1 Å². The Morgan fingerprint density at radius 2 is 1.75 bits per heavy atom. The molecule has 0 N–H and O–H groups in total. The first-order valence-electron chi connectivity index (χ1n) is 5.80. The summed E-state index contributed by atoms with van der Waals surface area (Å²) < 4.78 is 6.97. The molecule has 3 rings (SSSR count). The summed E-state index contributed by atoms with van der Waals surface area (Å²) in [4.78, 5) is 12.5. The third kappa shape index (κ3) is 2.09. The van der Waals surface area contributed by atoms with Gasteiger partial charge < -0.3 is 9.30 Å². The van der Waals surface area contributed by atoms with Crippen LogP contribution in [0.1, 0.15) is 0 Å². The van der Waals surface area contributed by atoms with Gasteiger partial charge in [-0.2, -0.15) is 4.98 Å². The predicted octanol–water partition coefficient (Wildman–Crippen LogP) is 3.35. The van der Waals surface area contributed by atoms with Crippen molar-refractivity contribution in [1.29, 1.82) is 0 Å². The molecule has 102 valence electrons. The van der Waals surface area contributed by atoms with E-state index in [1.165, 1.54) is 0 Å². The third-order valence-electron chi connectivity index (χ3n) is 3.00. The van der Waals surface area contributed by atoms with Gasteiger partial charge in [0, 0.05) is 12.6 Å². The van der Waals surface area contributed by atoms with Crippen LogP contribution in [0, 0.1) is 0 Å². The van der Waals surface area contributed by atoms with E-state index >= 15 is 0 Å². The number of halogens is 2. The van der Waals surface area contributed by atoms with Crippen molar-refractivity contribution in [2.24, 2.45) is 7.05 Å². The smallest absolute Gasteiger partial charge is 0.225 e. The Labute approximate surface area is 125 Å². The number of aryl methyl sites for hydroxylation is 1. The molecule has 5 nitrogen and oxygen atoms in total. The monoisotopic (exact) mass is 308 g/mol. The van der Waals surface area contributed by atoms with Crippen molar-refractivity contribution in [3.05, 3.63) is 34.7 Å². The molecule has 0 radical (unpaired) electrons. The fourth-order valence-electron chi connectivity index (χ4n) is 2.00. The molecule has 1 aromatic carbocycles. The van der Waals surface area contributed by atoms with Crippen LogP contribution in [0.5, 0.6) is 5.75 Å². The van der Waals surface area contributed by atoms with Crippen molar-refractivity contribution in [3.63, 3.8) is 0 Å². The lowest BCUT2D eigenvalue weighted by molar-refractivity contribution is 0.415. The predicted molar refractivity (Wildman–Crippen MR) is 78.3 cm³/mol. The summed E-state index contributed by atoms with van der Waals surface area (Å²) in [5, 5.41) is 0.349. The zero-order valence-corrected chi connectivity index (χ0v) is 12.3. The van der Waals surface area contributed by atoms with Gasteiger partial charge in [-0.3, -0.25) is 0 Å². The van der Waals surface area contributed by atoms with Gasteiger partial charge in [0.25, 0.3) is 0 Å². The molecule has 2 heterocycles. The van der Waals surface area contributed by atoms with E-state index in [2.05, 4.69) is 15.0 Å². The molecule has 20 heavy (non-hydrogen) atoms. The third-order valence-corrected chi connectivity index (χ3v) is 3.43. The standard InChI is InChI=1S/C13H10Cl2N4O/c1-19-11(7-3-5-8(20-2)6-4-7)16-9-10(14)17-13(15)18-12(9)19/h3-6H,1-2H3. The number of fused-ring (bicyclic) bond motifs is 1. The fourth-order valence-corrected chi connectivity index (χ4v) is 2.42. The van der Waals surface area contributed by atoms with E-state index in [1.54, 1.807) is 7.11 Å². The van der Waals surface area contributed by atoms with E-state index in [9.17, 15) is 0 Å². The van der Waals surface area contributed by atoms with Gasteiger partial charge in [-0.15, -0.1) is 0 Å². The second-order valence-electron chi connectivity index (χ2n) is 4.18. The lowest BCUT2D eigenvalue weighted by atomic mass is 10.2. The van der Waals surface area contributed by atoms with Gasteiger partial charge in [0.15, 0.2) is 10.8 Å². The number of benzene rings is 1. The van der Waals surface area contributed by atoms with E-state index in [4.69, 9.17) is 27.9 Å². The van der Waals surface area contributed by atoms with Gasteiger partial charge in [0.2, 0.25) is 5.28 Å². The summed E-state index contributed by atoms with van der Waals surface area (Å²) in [6, 6.07) is 7.58. The minimum absolute atomic E-state index is 0.104. The summed E-state index contributed by atoms with van der Waals surface area (Å²) in [5.41, 5.74) is 2.06. The minimum Gasteiger partial charge on any atom is -0.497 e. The van der Waals surface area contributed by atoms with Gasteiger partial charge in [0.05, 0.1) is 7.11 Å². The molecule has 7 heteroatoms. The molecule has 0 aliphatic heterocycles. The van der Waals surface area contributed by atoms with Crippen LogP contribution >= 0.6 is 23.2 Å². The minimum atomic E-state index is 0.104. The summed E-state index contributed by atoms with van der Waals surface area (Å²) in [6.45, 7) is 0. The highest BCUT2D eigenvalue weighted by molar-refractivity contribution is 6.35. The van der Waals surface area contributed by atoms with Gasteiger partial charge in [-0.1, -0.05) is 11.6 Å². The fraction of sp³-hybridized carbons (Fsp3) is 0.154. The van der Waals surface area contributed by atoms with Crippen LogP contribution in [-0.4, -0.2) is 26.6 Å². The van der Waals surface area contributed by atoms with Gasteiger partial charge in [-0.05, 0) is 35.9 Å². The molecule has 0 saturated carbocycles. The average molecular weight is 309 g/mol. The Morgan fingerprint density at radius 1 is 1.05 bits per heavy atom. The van der Waals surface area contributed by atoms with Crippen LogP contribution in [0.15, 0.2) is 24.3 Å². The van der Waals surface area contributed by atoms with Crippen molar-refractivity contribution < 1.29 is 4.74 Å². The number of hydrogen-bond donors (Lipinski definition) is 0. The highest BCUT2D eigenvalue weighted by Gasteiger charge is 2.15. The van der Waals surface area contributed by atoms with Gasteiger partial charge in [0.1, 0.15) is 17.1 Å². The van der Waals surface area contributed by atoms with Gasteiger partial charge in [-0.25, -0.2) is 9.97 Å². The van der Waals surface area contributed by atoms with Crippen LogP contribution < -0.4 is 4.74 Å². The first-order valence-corrected chi connectivity index (χ1v) is 6.55. The molecular formula is C13H10Cl2N4O. The number of imidazole rings is 1.